The number of rotatable bonds is 11. The van der Waals surface area contributed by atoms with Crippen LogP contribution in [0.5, 0.6) is 0 Å². The molecule has 1 amide bonds. The molecular weight excluding hydrogens is 515 g/mol. The summed E-state index contributed by atoms with van der Waals surface area (Å²) in [4.78, 5) is 19.1. The Morgan fingerprint density at radius 3 is 2.69 bits per heavy atom. The number of likely N-dealkylation sites (tertiary alicyclic amines) is 1. The highest BCUT2D eigenvalue weighted by atomic mass is 127. The summed E-state index contributed by atoms with van der Waals surface area (Å²) in [5.74, 6) is 1.40. The fourth-order valence-electron chi connectivity index (χ4n) is 4.42. The van der Waals surface area contributed by atoms with Gasteiger partial charge in [-0.2, -0.15) is 0 Å². The smallest absolute Gasteiger partial charge is 0.223 e. The highest BCUT2D eigenvalue weighted by Gasteiger charge is 2.29. The van der Waals surface area contributed by atoms with Gasteiger partial charge in [0.15, 0.2) is 5.96 Å². The quantitative estimate of drug-likeness (QED) is 0.187. The summed E-state index contributed by atoms with van der Waals surface area (Å²) in [6, 6.07) is 10.4. The molecule has 0 spiro atoms. The van der Waals surface area contributed by atoms with Crippen molar-refractivity contribution in [3.05, 3.63) is 35.9 Å². The molecule has 1 aliphatic carbocycles. The molecule has 1 atom stereocenters. The molecule has 0 radical (unpaired) electrons. The molecule has 1 aromatic rings. The molecule has 1 heterocycles. The maximum atomic E-state index is 12.4. The van der Waals surface area contributed by atoms with Crippen LogP contribution < -0.4 is 10.6 Å². The van der Waals surface area contributed by atoms with Gasteiger partial charge in [-0.1, -0.05) is 49.6 Å². The second kappa shape index (κ2) is 15.5. The number of nitrogens with one attached hydrogen (secondary N) is 2. The number of carbonyl (C=O) groups excluding carboxylic acids is 1. The molecule has 6 nitrogen and oxygen atoms in total. The molecule has 3 rings (SSSR count). The van der Waals surface area contributed by atoms with Crippen LogP contribution in [-0.4, -0.2) is 62.2 Å². The van der Waals surface area contributed by atoms with Gasteiger partial charge in [0.1, 0.15) is 0 Å². The second-order valence-electron chi connectivity index (χ2n) is 8.78. The molecule has 1 saturated carbocycles. The fraction of sp³-hybridized carbons (Fsp3) is 0.680. The van der Waals surface area contributed by atoms with Crippen molar-refractivity contribution in [1.82, 2.24) is 15.5 Å². The Morgan fingerprint density at radius 2 is 1.94 bits per heavy atom. The van der Waals surface area contributed by atoms with Gasteiger partial charge in [0.05, 0.1) is 6.10 Å². The average Bonchev–Trinajstić information content (AvgIpc) is 3.16. The Hall–Kier alpha value is -1.35. The van der Waals surface area contributed by atoms with Crippen molar-refractivity contribution in [2.24, 2.45) is 10.9 Å². The van der Waals surface area contributed by atoms with Crippen LogP contribution >= 0.6 is 24.0 Å². The predicted molar refractivity (Wildman–Crippen MR) is 142 cm³/mol. The van der Waals surface area contributed by atoms with Gasteiger partial charge in [0, 0.05) is 51.7 Å². The van der Waals surface area contributed by atoms with Gasteiger partial charge in [0.25, 0.3) is 0 Å². The van der Waals surface area contributed by atoms with E-state index in [2.05, 4.69) is 41.8 Å². The lowest BCUT2D eigenvalue weighted by atomic mass is 9.98. The van der Waals surface area contributed by atoms with E-state index in [1.165, 1.54) is 37.7 Å². The molecule has 7 heteroatoms. The number of halogens is 1. The number of amides is 1. The van der Waals surface area contributed by atoms with Crippen LogP contribution in [0.2, 0.25) is 0 Å². The van der Waals surface area contributed by atoms with Crippen LogP contribution in [0.25, 0.3) is 0 Å². The van der Waals surface area contributed by atoms with E-state index in [-0.39, 0.29) is 29.9 Å². The fourth-order valence-corrected chi connectivity index (χ4v) is 4.42. The van der Waals surface area contributed by atoms with Crippen molar-refractivity contribution in [1.29, 1.82) is 0 Å². The van der Waals surface area contributed by atoms with Crippen molar-refractivity contribution in [3.63, 3.8) is 0 Å². The third-order valence-electron chi connectivity index (χ3n) is 6.18. The van der Waals surface area contributed by atoms with E-state index in [4.69, 9.17) is 9.73 Å². The molecule has 2 fully saturated rings. The first-order chi connectivity index (χ1) is 15.2. The van der Waals surface area contributed by atoms with Crippen molar-refractivity contribution >= 4 is 35.8 Å². The van der Waals surface area contributed by atoms with Crippen molar-refractivity contribution in [3.8, 4) is 0 Å². The van der Waals surface area contributed by atoms with E-state index in [0.717, 1.165) is 51.6 Å². The SMILES string of the molecule is CCNC(=NCC1CC(=O)N(CCc2ccccc2)C1)NCCCOC1CCCCC1.I. The minimum Gasteiger partial charge on any atom is -0.378 e. The van der Waals surface area contributed by atoms with Gasteiger partial charge in [-0.15, -0.1) is 24.0 Å². The second-order valence-corrected chi connectivity index (χ2v) is 8.78. The van der Waals surface area contributed by atoms with Crippen LogP contribution in [-0.2, 0) is 16.0 Å². The Kier molecular flexibility index (Phi) is 13.0. The normalized spacial score (nSPS) is 19.7. The van der Waals surface area contributed by atoms with Gasteiger partial charge in [-0.25, -0.2) is 0 Å². The maximum Gasteiger partial charge on any atom is 0.223 e. The first-order valence-corrected chi connectivity index (χ1v) is 12.2. The van der Waals surface area contributed by atoms with Gasteiger partial charge in [0.2, 0.25) is 5.91 Å². The number of hydrogen-bond donors (Lipinski definition) is 2. The summed E-state index contributed by atoms with van der Waals surface area (Å²) in [5.41, 5.74) is 1.28. The zero-order valence-corrected chi connectivity index (χ0v) is 21.9. The zero-order chi connectivity index (χ0) is 21.7. The summed E-state index contributed by atoms with van der Waals surface area (Å²) < 4.78 is 6.00. The van der Waals surface area contributed by atoms with Crippen LogP contribution in [0.15, 0.2) is 35.3 Å². The number of guanidine groups is 1. The summed E-state index contributed by atoms with van der Waals surface area (Å²) in [6.45, 7) is 6.86. The van der Waals surface area contributed by atoms with Gasteiger partial charge in [-0.3, -0.25) is 9.79 Å². The van der Waals surface area contributed by atoms with E-state index >= 15 is 0 Å². The van der Waals surface area contributed by atoms with Crippen molar-refractivity contribution in [2.75, 3.05) is 39.3 Å². The molecule has 1 saturated heterocycles. The molecule has 1 aromatic carbocycles. The van der Waals surface area contributed by atoms with E-state index < -0.39 is 0 Å². The van der Waals surface area contributed by atoms with Crippen molar-refractivity contribution < 1.29 is 9.53 Å². The van der Waals surface area contributed by atoms with Crippen molar-refractivity contribution in [2.45, 2.75) is 64.4 Å². The number of aliphatic imine (C=N–C) groups is 1. The van der Waals surface area contributed by atoms with Crippen LogP contribution in [0.4, 0.5) is 0 Å². The first-order valence-electron chi connectivity index (χ1n) is 12.2. The topological polar surface area (TPSA) is 66.0 Å². The van der Waals surface area contributed by atoms with E-state index in [1.807, 2.05) is 11.0 Å². The number of nitrogens with zero attached hydrogens (tertiary/aromatic N) is 2. The molecule has 0 bridgehead atoms. The Balaban J connectivity index is 0.00000363. The number of hydrogen-bond acceptors (Lipinski definition) is 3. The number of benzene rings is 1. The third-order valence-corrected chi connectivity index (χ3v) is 6.18. The molecule has 1 unspecified atom stereocenters. The summed E-state index contributed by atoms with van der Waals surface area (Å²) >= 11 is 0. The molecule has 180 valence electrons. The molecule has 2 aliphatic rings. The summed E-state index contributed by atoms with van der Waals surface area (Å²) in [5, 5.41) is 6.73. The van der Waals surface area contributed by atoms with E-state index in [1.54, 1.807) is 0 Å². The van der Waals surface area contributed by atoms with Crippen LogP contribution in [0.1, 0.15) is 57.4 Å². The zero-order valence-electron chi connectivity index (χ0n) is 19.6. The van der Waals surface area contributed by atoms with Crippen LogP contribution in [0, 0.1) is 5.92 Å². The lowest BCUT2D eigenvalue weighted by Gasteiger charge is -2.22. The average molecular weight is 557 g/mol. The summed E-state index contributed by atoms with van der Waals surface area (Å²) in [7, 11) is 0. The van der Waals surface area contributed by atoms with Gasteiger partial charge >= 0.3 is 0 Å². The Labute approximate surface area is 211 Å². The molecular formula is C25H41IN4O2. The van der Waals surface area contributed by atoms with E-state index in [0.29, 0.717) is 25.0 Å². The standard InChI is InChI=1S/C25H40N4O2.HI/c1-2-26-25(27-15-9-17-31-23-12-7-4-8-13-23)28-19-22-18-24(30)29(20-22)16-14-21-10-5-3-6-11-21;/h3,5-6,10-11,22-23H,2,4,7-9,12-20H2,1H3,(H2,26,27,28);1H. The monoisotopic (exact) mass is 556 g/mol. The highest BCUT2D eigenvalue weighted by molar-refractivity contribution is 14.0. The molecule has 32 heavy (non-hydrogen) atoms. The number of carbonyl (C=O) groups is 1. The minimum atomic E-state index is 0. The summed E-state index contributed by atoms with van der Waals surface area (Å²) in [6.07, 6.45) is 9.40. The largest absolute Gasteiger partial charge is 0.378 e. The van der Waals surface area contributed by atoms with Crippen LogP contribution in [0.3, 0.4) is 0 Å². The molecule has 1 aliphatic heterocycles. The lowest BCUT2D eigenvalue weighted by Crippen LogP contribution is -2.38. The van der Waals surface area contributed by atoms with Gasteiger partial charge < -0.3 is 20.3 Å². The molecule has 0 aromatic heterocycles. The molecule has 2 N–H and O–H groups in total. The first kappa shape index (κ1) is 26.9. The maximum absolute atomic E-state index is 12.4. The van der Waals surface area contributed by atoms with Gasteiger partial charge in [-0.05, 0) is 38.2 Å². The Morgan fingerprint density at radius 1 is 1.16 bits per heavy atom. The predicted octanol–water partition coefficient (Wildman–Crippen LogP) is 3.99. The minimum absolute atomic E-state index is 0. The highest BCUT2D eigenvalue weighted by Crippen LogP contribution is 2.20. The Bertz CT molecular complexity index is 680. The van der Waals surface area contributed by atoms with E-state index in [9.17, 15) is 4.79 Å². The number of ether oxygens (including phenoxy) is 1. The third kappa shape index (κ3) is 9.65. The lowest BCUT2D eigenvalue weighted by molar-refractivity contribution is -0.127.